The number of fused-ring (bicyclic) bond motifs is 1. The maximum absolute atomic E-state index is 11.5. The minimum atomic E-state index is -0.914. The summed E-state index contributed by atoms with van der Waals surface area (Å²) in [7, 11) is 0. The molecule has 0 aromatic carbocycles. The van der Waals surface area contributed by atoms with E-state index < -0.39 is 36.4 Å². The fourth-order valence-electron chi connectivity index (χ4n) is 1.90. The van der Waals surface area contributed by atoms with E-state index in [1.165, 1.54) is 6.92 Å². The quantitative estimate of drug-likeness (QED) is 0.402. The summed E-state index contributed by atoms with van der Waals surface area (Å²) >= 11 is 0. The number of carbonyl (C=O) groups excluding carboxylic acids is 2. The second-order valence-electron chi connectivity index (χ2n) is 4.53. The number of hydrogen-bond donors (Lipinski definition) is 1. The van der Waals surface area contributed by atoms with Crippen molar-refractivity contribution in [3.05, 3.63) is 12.2 Å². The highest BCUT2D eigenvalue weighted by molar-refractivity contribution is 5.78. The second kappa shape index (κ2) is 5.07. The van der Waals surface area contributed by atoms with Crippen LogP contribution in [0.5, 0.6) is 0 Å². The number of aliphatic hydroxyl groups is 1. The number of esters is 2. The zero-order chi connectivity index (χ0) is 13.3. The molecule has 0 aliphatic carbocycles. The Kier molecular flexibility index (Phi) is 3.68. The smallest absolute Gasteiger partial charge is 0.338 e. The summed E-state index contributed by atoms with van der Waals surface area (Å²) in [6.07, 6.45) is 0.327. The molecule has 6 nitrogen and oxygen atoms in total. The van der Waals surface area contributed by atoms with Crippen LogP contribution >= 0.6 is 0 Å². The summed E-state index contributed by atoms with van der Waals surface area (Å²) in [5.41, 5.74) is 0. The molecule has 0 unspecified atom stereocenters. The third kappa shape index (κ3) is 3.08. The first-order valence-electron chi connectivity index (χ1n) is 5.87. The molecular weight excluding hydrogens is 240 g/mol. The molecular formula is C12H16O6. The molecule has 2 aliphatic heterocycles. The van der Waals surface area contributed by atoms with E-state index in [-0.39, 0.29) is 12.5 Å². The van der Waals surface area contributed by atoms with E-state index in [0.717, 1.165) is 0 Å². The van der Waals surface area contributed by atoms with Gasteiger partial charge >= 0.3 is 11.9 Å². The van der Waals surface area contributed by atoms with E-state index in [0.29, 0.717) is 0 Å². The van der Waals surface area contributed by atoms with Crippen molar-refractivity contribution in [3.63, 3.8) is 0 Å². The zero-order valence-electron chi connectivity index (χ0n) is 10.2. The maximum Gasteiger partial charge on any atom is 0.338 e. The van der Waals surface area contributed by atoms with Gasteiger partial charge in [-0.1, -0.05) is 6.08 Å². The summed E-state index contributed by atoms with van der Waals surface area (Å²) in [6, 6.07) is 0. The minimum Gasteiger partial charge on any atom is -0.461 e. The normalized spacial score (nSPS) is 41.3. The lowest BCUT2D eigenvalue weighted by Crippen LogP contribution is -2.34. The van der Waals surface area contributed by atoms with Crippen molar-refractivity contribution >= 4 is 11.9 Å². The van der Waals surface area contributed by atoms with Crippen LogP contribution < -0.4 is 0 Å². The lowest BCUT2D eigenvalue weighted by molar-refractivity contribution is -0.156. The molecule has 0 radical (unpaired) electrons. The van der Waals surface area contributed by atoms with Crippen LogP contribution in [0, 0.1) is 0 Å². The van der Waals surface area contributed by atoms with Gasteiger partial charge in [-0.3, -0.25) is 4.79 Å². The van der Waals surface area contributed by atoms with Crippen molar-refractivity contribution < 1.29 is 28.9 Å². The van der Waals surface area contributed by atoms with E-state index in [1.54, 1.807) is 19.1 Å². The van der Waals surface area contributed by atoms with Gasteiger partial charge in [-0.25, -0.2) is 4.79 Å². The Hall–Kier alpha value is -1.40. The largest absolute Gasteiger partial charge is 0.461 e. The Labute approximate surface area is 105 Å². The van der Waals surface area contributed by atoms with Crippen LogP contribution in [0.15, 0.2) is 12.2 Å². The monoisotopic (exact) mass is 256 g/mol. The molecule has 2 heterocycles. The van der Waals surface area contributed by atoms with Gasteiger partial charge in [-0.2, -0.15) is 0 Å². The predicted molar refractivity (Wildman–Crippen MR) is 59.5 cm³/mol. The number of carbonyl (C=O) groups is 2. The van der Waals surface area contributed by atoms with Crippen LogP contribution in [0.3, 0.4) is 0 Å². The van der Waals surface area contributed by atoms with Gasteiger partial charge in [0.05, 0.1) is 6.10 Å². The molecule has 18 heavy (non-hydrogen) atoms. The van der Waals surface area contributed by atoms with Gasteiger partial charge in [-0.15, -0.1) is 0 Å². The van der Waals surface area contributed by atoms with Gasteiger partial charge in [0.1, 0.15) is 18.3 Å². The van der Waals surface area contributed by atoms with Crippen molar-refractivity contribution in [1.82, 2.24) is 0 Å². The van der Waals surface area contributed by atoms with E-state index in [4.69, 9.17) is 14.2 Å². The SMILES string of the molecule is CC(=O)O[C@H]1/C=C/[C@@H]2O[C@@H]2C(=O)O[C@H](C)C[C@H]1O. The molecule has 0 bridgehead atoms. The Balaban J connectivity index is 2.11. The lowest BCUT2D eigenvalue weighted by Gasteiger charge is -2.23. The Morgan fingerprint density at radius 2 is 2.22 bits per heavy atom. The topological polar surface area (TPSA) is 85.4 Å². The molecule has 0 amide bonds. The number of cyclic esters (lactones) is 1. The molecule has 0 aromatic rings. The van der Waals surface area contributed by atoms with Crippen molar-refractivity contribution in [2.75, 3.05) is 0 Å². The predicted octanol–water partition coefficient (Wildman–Crippen LogP) is -0.0620. The van der Waals surface area contributed by atoms with Gasteiger partial charge in [0.2, 0.25) is 0 Å². The van der Waals surface area contributed by atoms with Gasteiger partial charge in [0.25, 0.3) is 0 Å². The third-order valence-electron chi connectivity index (χ3n) is 2.82. The first kappa shape index (κ1) is 13.0. The Bertz CT molecular complexity index is 377. The maximum atomic E-state index is 11.5. The highest BCUT2D eigenvalue weighted by Crippen LogP contribution is 2.27. The average molecular weight is 256 g/mol. The molecule has 1 fully saturated rings. The van der Waals surface area contributed by atoms with Crippen molar-refractivity contribution in [2.45, 2.75) is 50.8 Å². The summed E-state index contributed by atoms with van der Waals surface area (Å²) in [4.78, 5) is 22.5. The molecule has 5 atom stereocenters. The third-order valence-corrected chi connectivity index (χ3v) is 2.82. The number of rotatable bonds is 1. The Morgan fingerprint density at radius 1 is 1.50 bits per heavy atom. The Morgan fingerprint density at radius 3 is 2.89 bits per heavy atom. The number of hydrogen-bond acceptors (Lipinski definition) is 6. The molecule has 0 saturated carbocycles. The fraction of sp³-hybridized carbons (Fsp3) is 0.667. The van der Waals surface area contributed by atoms with Crippen LogP contribution in [-0.4, -0.2) is 47.6 Å². The van der Waals surface area contributed by atoms with Gasteiger partial charge in [0.15, 0.2) is 6.10 Å². The zero-order valence-corrected chi connectivity index (χ0v) is 10.2. The summed E-state index contributed by atoms with van der Waals surface area (Å²) < 4.78 is 15.2. The first-order valence-corrected chi connectivity index (χ1v) is 5.87. The molecule has 1 saturated heterocycles. The summed E-state index contributed by atoms with van der Waals surface area (Å²) in [5, 5.41) is 9.94. The second-order valence-corrected chi connectivity index (χ2v) is 4.53. The summed E-state index contributed by atoms with van der Waals surface area (Å²) in [5.74, 6) is -0.894. The minimum absolute atomic E-state index is 0.200. The molecule has 0 spiro atoms. The number of epoxide rings is 1. The van der Waals surface area contributed by atoms with Crippen LogP contribution in [0.25, 0.3) is 0 Å². The van der Waals surface area contributed by atoms with Crippen molar-refractivity contribution in [3.8, 4) is 0 Å². The molecule has 0 aromatic heterocycles. The molecule has 100 valence electrons. The molecule has 6 heteroatoms. The van der Waals surface area contributed by atoms with E-state index in [2.05, 4.69) is 0 Å². The van der Waals surface area contributed by atoms with E-state index in [1.807, 2.05) is 0 Å². The van der Waals surface area contributed by atoms with Gasteiger partial charge < -0.3 is 19.3 Å². The lowest BCUT2D eigenvalue weighted by atomic mass is 10.1. The highest BCUT2D eigenvalue weighted by Gasteiger charge is 2.46. The average Bonchev–Trinajstić information content (AvgIpc) is 3.01. The van der Waals surface area contributed by atoms with Crippen molar-refractivity contribution in [1.29, 1.82) is 0 Å². The van der Waals surface area contributed by atoms with Crippen LogP contribution in [0.2, 0.25) is 0 Å². The highest BCUT2D eigenvalue weighted by atomic mass is 16.6. The van der Waals surface area contributed by atoms with Crippen LogP contribution in [0.1, 0.15) is 20.3 Å². The number of aliphatic hydroxyl groups excluding tert-OH is 1. The summed E-state index contributed by atoms with van der Waals surface area (Å²) in [6.45, 7) is 2.95. The van der Waals surface area contributed by atoms with Crippen LogP contribution in [0.4, 0.5) is 0 Å². The van der Waals surface area contributed by atoms with Gasteiger partial charge in [-0.05, 0) is 13.0 Å². The van der Waals surface area contributed by atoms with E-state index >= 15 is 0 Å². The molecule has 2 rings (SSSR count). The molecule has 2 aliphatic rings. The van der Waals surface area contributed by atoms with Gasteiger partial charge in [0, 0.05) is 13.3 Å². The van der Waals surface area contributed by atoms with Crippen molar-refractivity contribution in [2.24, 2.45) is 0 Å². The first-order chi connectivity index (χ1) is 8.47. The fourth-order valence-corrected chi connectivity index (χ4v) is 1.90. The number of ether oxygens (including phenoxy) is 3. The van der Waals surface area contributed by atoms with Crippen LogP contribution in [-0.2, 0) is 23.8 Å². The van der Waals surface area contributed by atoms with E-state index in [9.17, 15) is 14.7 Å². The standard InChI is InChI=1S/C12H16O6/c1-6-5-8(14)9(17-7(2)13)3-4-10-11(18-10)12(15)16-6/h3-4,6,8-11,14H,5H2,1-2H3/b4-3+/t6-,8-,9+,10+,11+/m1/s1. The molecule has 1 N–H and O–H groups in total.